The predicted octanol–water partition coefficient (Wildman–Crippen LogP) is 13.8. The topological polar surface area (TPSA) is 18.5 Å². The molecule has 6 aliphatic carbocycles. The summed E-state index contributed by atoms with van der Waals surface area (Å²) in [5, 5.41) is 0. The van der Waals surface area contributed by atoms with Gasteiger partial charge in [-0.1, -0.05) is 121 Å². The van der Waals surface area contributed by atoms with Crippen molar-refractivity contribution in [1.82, 2.24) is 0 Å². The van der Waals surface area contributed by atoms with E-state index in [1.807, 2.05) is 0 Å². The average molecular weight is 725 g/mol. The molecule has 0 aromatic rings. The molecule has 51 heavy (non-hydrogen) atoms. The van der Waals surface area contributed by atoms with Crippen molar-refractivity contribution >= 4 is 8.07 Å². The van der Waals surface area contributed by atoms with Crippen LogP contribution in [0.2, 0.25) is 24.2 Å². The molecule has 0 radical (unpaired) electrons. The van der Waals surface area contributed by atoms with Crippen molar-refractivity contribution in [3.05, 3.63) is 0 Å². The monoisotopic (exact) mass is 725 g/mol. The molecular formula is C48H88O2Si. The first-order valence-electron chi connectivity index (χ1n) is 22.8. The van der Waals surface area contributed by atoms with Crippen molar-refractivity contribution in [1.29, 1.82) is 0 Å². The fourth-order valence-electron chi connectivity index (χ4n) is 16.3. The Morgan fingerprint density at radius 1 is 0.490 bits per heavy atom. The second kappa shape index (κ2) is 14.9. The highest BCUT2D eigenvalue weighted by molar-refractivity contribution is 6.80. The summed E-state index contributed by atoms with van der Waals surface area (Å²) >= 11 is 0. The minimum Gasteiger partial charge on any atom is -0.381 e. The van der Waals surface area contributed by atoms with E-state index in [-0.39, 0.29) is 0 Å². The fraction of sp³-hybridized carbons (Fsp3) is 1.00. The molecule has 0 amide bonds. The number of ether oxygens (including phenoxy) is 2. The van der Waals surface area contributed by atoms with Gasteiger partial charge in [0.15, 0.2) is 0 Å². The molecule has 0 aromatic heterocycles. The first-order valence-corrected chi connectivity index (χ1v) is 25.9. The number of methoxy groups -OCH3 is 2. The van der Waals surface area contributed by atoms with Crippen LogP contribution in [0.4, 0.5) is 0 Å². The maximum atomic E-state index is 6.70. The fourth-order valence-corrected chi connectivity index (χ4v) is 22.9. The van der Waals surface area contributed by atoms with E-state index in [0.29, 0.717) is 34.4 Å². The molecule has 0 saturated heterocycles. The molecule has 13 unspecified atom stereocenters. The van der Waals surface area contributed by atoms with Crippen LogP contribution in [0.3, 0.4) is 0 Å². The summed E-state index contributed by atoms with van der Waals surface area (Å²) in [6, 6.07) is 0. The Kier molecular flexibility index (Phi) is 11.9. The molecule has 0 spiro atoms. The second-order valence-corrected chi connectivity index (χ2v) is 29.3. The van der Waals surface area contributed by atoms with Crippen LogP contribution in [-0.2, 0) is 9.47 Å². The van der Waals surface area contributed by atoms with E-state index in [1.54, 1.807) is 0 Å². The number of hydrogen-bond donors (Lipinski definition) is 0. The smallest absolute Gasteiger partial charge is 0.0638 e. The van der Waals surface area contributed by atoms with E-state index in [1.165, 1.54) is 83.5 Å². The molecule has 0 aromatic carbocycles. The lowest BCUT2D eigenvalue weighted by Gasteiger charge is -2.56. The van der Waals surface area contributed by atoms with Crippen LogP contribution in [0, 0.1) is 93.2 Å². The third-order valence-electron chi connectivity index (χ3n) is 18.4. The Hall–Kier alpha value is 0.137. The zero-order chi connectivity index (χ0) is 37.4. The molecule has 6 aliphatic rings. The highest BCUT2D eigenvalue weighted by Crippen LogP contribution is 2.69. The van der Waals surface area contributed by atoms with Crippen molar-refractivity contribution < 1.29 is 9.47 Å². The van der Waals surface area contributed by atoms with E-state index >= 15 is 0 Å². The Balaban J connectivity index is 1.33. The Morgan fingerprint density at radius 2 is 1.04 bits per heavy atom. The summed E-state index contributed by atoms with van der Waals surface area (Å²) in [5.41, 5.74) is 2.93. The zero-order valence-corrected chi connectivity index (χ0v) is 37.8. The average Bonchev–Trinajstić information content (AvgIpc) is 3.58. The summed E-state index contributed by atoms with van der Waals surface area (Å²) in [5.74, 6) is 11.0. The number of hydrogen-bond acceptors (Lipinski definition) is 2. The highest BCUT2D eigenvalue weighted by Gasteiger charge is 2.64. The van der Waals surface area contributed by atoms with E-state index in [9.17, 15) is 0 Å². The van der Waals surface area contributed by atoms with Crippen LogP contribution in [-0.4, -0.2) is 34.5 Å². The lowest BCUT2D eigenvalue weighted by Crippen LogP contribution is -2.54. The molecule has 0 N–H and O–H groups in total. The van der Waals surface area contributed by atoms with Gasteiger partial charge >= 0.3 is 0 Å². The lowest BCUT2D eigenvalue weighted by atomic mass is 9.55. The van der Waals surface area contributed by atoms with Crippen LogP contribution in [0.15, 0.2) is 0 Å². The maximum Gasteiger partial charge on any atom is 0.0638 e. The summed E-state index contributed by atoms with van der Waals surface area (Å²) in [7, 11) is 2.45. The Morgan fingerprint density at radius 3 is 1.55 bits per heavy atom. The molecule has 15 atom stereocenters. The molecule has 6 rings (SSSR count). The van der Waals surface area contributed by atoms with Gasteiger partial charge in [-0.05, 0) is 156 Å². The molecule has 6 saturated carbocycles. The molecule has 296 valence electrons. The molecule has 0 aliphatic heterocycles. The van der Waals surface area contributed by atoms with Crippen LogP contribution in [0.5, 0.6) is 0 Å². The first-order chi connectivity index (χ1) is 23.7. The largest absolute Gasteiger partial charge is 0.381 e. The van der Waals surface area contributed by atoms with Crippen LogP contribution < -0.4 is 0 Å². The Labute approximate surface area is 319 Å². The zero-order valence-electron chi connectivity index (χ0n) is 36.8. The van der Waals surface area contributed by atoms with Gasteiger partial charge in [0.05, 0.1) is 20.3 Å². The highest BCUT2D eigenvalue weighted by atomic mass is 28.3. The van der Waals surface area contributed by atoms with E-state index in [0.717, 1.165) is 82.1 Å². The standard InChI is InChI=1S/C48H88O2Si/c1-29-23-37-38(28-39(48(9,10)11)43(50-13)41(37)31-19-17-16-18-20-31)44(29)51(14,15)45-30(2)24-36-35(21-22-40(49-12)42(36)45)32-25-33(46(3,4)5)27-34(26-32)47(6,7)8/h29-45H,16-28H2,1-15H3/t29?,30?,32?,33?,34?,35-,36?,37?,38?,39?,40?,41-,42?,43?,44?,45?/m1/s1. The lowest BCUT2D eigenvalue weighted by molar-refractivity contribution is -0.117. The van der Waals surface area contributed by atoms with Crippen LogP contribution in [0.1, 0.15) is 160 Å². The molecule has 2 nitrogen and oxygen atoms in total. The Bertz CT molecular complexity index is 1130. The van der Waals surface area contributed by atoms with Gasteiger partial charge < -0.3 is 9.47 Å². The third-order valence-corrected chi connectivity index (χ3v) is 23.8. The van der Waals surface area contributed by atoms with E-state index in [4.69, 9.17) is 9.47 Å². The van der Waals surface area contributed by atoms with Gasteiger partial charge in [0.2, 0.25) is 0 Å². The quantitative estimate of drug-likeness (QED) is 0.254. The van der Waals surface area contributed by atoms with Gasteiger partial charge in [-0.15, -0.1) is 0 Å². The van der Waals surface area contributed by atoms with Crippen molar-refractivity contribution in [2.24, 2.45) is 93.2 Å². The number of fused-ring (bicyclic) bond motifs is 2. The summed E-state index contributed by atoms with van der Waals surface area (Å²) in [6.07, 6.45) is 19.7. The first kappa shape index (κ1) is 40.8. The van der Waals surface area contributed by atoms with Gasteiger partial charge in [-0.2, -0.15) is 0 Å². The summed E-state index contributed by atoms with van der Waals surface area (Å²) in [4.78, 5) is 0. The predicted molar refractivity (Wildman–Crippen MR) is 222 cm³/mol. The molecule has 0 heterocycles. The molecule has 3 heteroatoms. The molecular weight excluding hydrogens is 637 g/mol. The summed E-state index contributed by atoms with van der Waals surface area (Å²) in [6.45, 7) is 34.3. The second-order valence-electron chi connectivity index (χ2n) is 24.4. The van der Waals surface area contributed by atoms with Crippen molar-refractivity contribution in [3.63, 3.8) is 0 Å². The number of rotatable bonds is 6. The third kappa shape index (κ3) is 7.66. The normalized spacial score (nSPS) is 46.2. The maximum absolute atomic E-state index is 6.70. The van der Waals surface area contributed by atoms with Crippen molar-refractivity contribution in [2.75, 3.05) is 14.2 Å². The van der Waals surface area contributed by atoms with Gasteiger partial charge in [-0.3, -0.25) is 0 Å². The van der Waals surface area contributed by atoms with Gasteiger partial charge in [0.25, 0.3) is 0 Å². The van der Waals surface area contributed by atoms with Gasteiger partial charge in [0.1, 0.15) is 0 Å². The van der Waals surface area contributed by atoms with Gasteiger partial charge in [-0.25, -0.2) is 0 Å². The minimum absolute atomic E-state index is 0.292. The molecule has 6 fully saturated rings. The van der Waals surface area contributed by atoms with Gasteiger partial charge in [0, 0.05) is 14.2 Å². The van der Waals surface area contributed by atoms with Crippen LogP contribution >= 0.6 is 0 Å². The summed E-state index contributed by atoms with van der Waals surface area (Å²) < 4.78 is 13.4. The van der Waals surface area contributed by atoms with Crippen molar-refractivity contribution in [2.45, 2.75) is 196 Å². The van der Waals surface area contributed by atoms with Crippen LogP contribution in [0.25, 0.3) is 0 Å². The van der Waals surface area contributed by atoms with E-state index < -0.39 is 8.07 Å². The van der Waals surface area contributed by atoms with Crippen molar-refractivity contribution in [3.8, 4) is 0 Å². The molecule has 0 bridgehead atoms. The minimum atomic E-state index is -1.72. The SMILES string of the molecule is COC1CC[C@H](C2CC(C(C)(C)C)CC(C(C)(C)C)C2)C2CC(C)C([Si](C)(C)C3C(C)CC4C3CC(C(C)(C)C)C(OC)[C@@H]4C3CCCCC3)C12. The van der Waals surface area contributed by atoms with E-state index in [2.05, 4.69) is 103 Å².